The quantitative estimate of drug-likeness (QED) is 0.711. The molecule has 1 saturated carbocycles. The lowest BCUT2D eigenvalue weighted by atomic mass is 9.96. The molecule has 1 unspecified atom stereocenters. The summed E-state index contributed by atoms with van der Waals surface area (Å²) in [5, 5.41) is 0.618. The maximum absolute atomic E-state index is 13.1. The van der Waals surface area contributed by atoms with Gasteiger partial charge in [0.1, 0.15) is 0 Å². The maximum Gasteiger partial charge on any atom is 0.409 e. The zero-order chi connectivity index (χ0) is 17.0. The van der Waals surface area contributed by atoms with Crippen molar-refractivity contribution >= 4 is 17.9 Å². The molecule has 1 rings (SSSR count). The average Bonchev–Trinajstić information content (AvgIpc) is 2.39. The Morgan fingerprint density at radius 3 is 2.41 bits per heavy atom. The highest BCUT2D eigenvalue weighted by Gasteiger charge is 2.35. The van der Waals surface area contributed by atoms with Crippen LogP contribution in [0.1, 0.15) is 59.8 Å². The Morgan fingerprint density at radius 1 is 1.36 bits per heavy atom. The Hall–Kier alpha value is -0.520. The van der Waals surface area contributed by atoms with Crippen LogP contribution in [0.5, 0.6) is 0 Å². The van der Waals surface area contributed by atoms with Crippen LogP contribution in [-0.2, 0) is 4.74 Å². The molecule has 0 aliphatic heterocycles. The third kappa shape index (κ3) is 6.71. The molecule has 1 atom stereocenters. The SMILES string of the molecule is CC(CCOC(=O)N(C)C(C)(C)C)SC1CCC(F)(F)CC1. The van der Waals surface area contributed by atoms with E-state index in [4.69, 9.17) is 4.74 Å². The Morgan fingerprint density at radius 2 is 1.91 bits per heavy atom. The summed E-state index contributed by atoms with van der Waals surface area (Å²) in [6, 6.07) is 0. The number of carbonyl (C=O) groups excluding carboxylic acids is 1. The van der Waals surface area contributed by atoms with Crippen LogP contribution in [0.4, 0.5) is 13.6 Å². The molecular weight excluding hydrogens is 308 g/mol. The van der Waals surface area contributed by atoms with E-state index in [-0.39, 0.29) is 24.5 Å². The fourth-order valence-electron chi connectivity index (χ4n) is 2.23. The molecule has 0 aromatic carbocycles. The van der Waals surface area contributed by atoms with Gasteiger partial charge in [-0.05, 0) is 40.0 Å². The van der Waals surface area contributed by atoms with Gasteiger partial charge >= 0.3 is 6.09 Å². The van der Waals surface area contributed by atoms with E-state index in [2.05, 4.69) is 6.92 Å². The van der Waals surface area contributed by atoms with Gasteiger partial charge in [-0.15, -0.1) is 0 Å². The van der Waals surface area contributed by atoms with Gasteiger partial charge in [-0.25, -0.2) is 13.6 Å². The van der Waals surface area contributed by atoms with Crippen molar-refractivity contribution in [2.75, 3.05) is 13.7 Å². The highest BCUT2D eigenvalue weighted by molar-refractivity contribution is 8.00. The number of carbonyl (C=O) groups is 1. The standard InChI is InChI=1S/C16H29F2NO2S/c1-12(22-13-6-9-16(17,18)10-7-13)8-11-21-14(20)19(5)15(2,3)4/h12-13H,6-11H2,1-5H3. The second-order valence-corrected chi connectivity index (χ2v) is 8.88. The highest BCUT2D eigenvalue weighted by Crippen LogP contribution is 2.39. The van der Waals surface area contributed by atoms with E-state index in [1.165, 1.54) is 0 Å². The molecule has 0 aromatic rings. The van der Waals surface area contributed by atoms with Crippen molar-refractivity contribution in [2.45, 2.75) is 81.8 Å². The molecule has 22 heavy (non-hydrogen) atoms. The van der Waals surface area contributed by atoms with Gasteiger partial charge in [-0.2, -0.15) is 11.8 Å². The van der Waals surface area contributed by atoms with Gasteiger partial charge < -0.3 is 9.64 Å². The summed E-state index contributed by atoms with van der Waals surface area (Å²) in [4.78, 5) is 13.4. The molecule has 1 amide bonds. The molecule has 0 radical (unpaired) electrons. The minimum atomic E-state index is -2.46. The van der Waals surface area contributed by atoms with Crippen molar-refractivity contribution in [3.8, 4) is 0 Å². The van der Waals surface area contributed by atoms with E-state index in [9.17, 15) is 13.6 Å². The maximum atomic E-state index is 13.1. The molecule has 1 aliphatic rings. The average molecular weight is 337 g/mol. The summed E-state index contributed by atoms with van der Waals surface area (Å²) in [7, 11) is 1.72. The molecule has 0 spiro atoms. The first-order chi connectivity index (χ1) is 10.0. The fraction of sp³-hybridized carbons (Fsp3) is 0.938. The number of hydrogen-bond acceptors (Lipinski definition) is 3. The van der Waals surface area contributed by atoms with Gasteiger partial charge in [-0.3, -0.25) is 0 Å². The van der Waals surface area contributed by atoms with E-state index >= 15 is 0 Å². The molecule has 0 N–H and O–H groups in total. The first kappa shape index (κ1) is 19.5. The van der Waals surface area contributed by atoms with Crippen molar-refractivity contribution in [3.05, 3.63) is 0 Å². The van der Waals surface area contributed by atoms with E-state index in [0.29, 0.717) is 29.9 Å². The smallest absolute Gasteiger partial charge is 0.409 e. The first-order valence-electron chi connectivity index (χ1n) is 7.95. The summed E-state index contributed by atoms with van der Waals surface area (Å²) in [5.74, 6) is -2.46. The van der Waals surface area contributed by atoms with E-state index in [0.717, 1.165) is 6.42 Å². The number of halogens is 2. The van der Waals surface area contributed by atoms with Crippen LogP contribution >= 0.6 is 11.8 Å². The van der Waals surface area contributed by atoms with Crippen LogP contribution in [0.3, 0.4) is 0 Å². The minimum Gasteiger partial charge on any atom is -0.449 e. The summed E-state index contributed by atoms with van der Waals surface area (Å²) in [6.07, 6.45) is 1.60. The zero-order valence-electron chi connectivity index (χ0n) is 14.3. The topological polar surface area (TPSA) is 29.5 Å². The van der Waals surface area contributed by atoms with Gasteiger partial charge in [0.25, 0.3) is 0 Å². The number of nitrogens with zero attached hydrogens (tertiary/aromatic N) is 1. The Labute approximate surface area is 137 Å². The van der Waals surface area contributed by atoms with Gasteiger partial charge in [0.2, 0.25) is 5.92 Å². The normalized spacial score (nSPS) is 20.5. The number of hydrogen-bond donors (Lipinski definition) is 0. The molecule has 0 heterocycles. The first-order valence-corrected chi connectivity index (χ1v) is 8.89. The highest BCUT2D eigenvalue weighted by atomic mass is 32.2. The number of rotatable bonds is 5. The Kier molecular flexibility index (Phi) is 6.96. The van der Waals surface area contributed by atoms with E-state index in [1.807, 2.05) is 20.8 Å². The number of thioether (sulfide) groups is 1. The summed E-state index contributed by atoms with van der Waals surface area (Å²) in [6.45, 7) is 8.29. The van der Waals surface area contributed by atoms with Gasteiger partial charge in [0.15, 0.2) is 0 Å². The second kappa shape index (κ2) is 7.84. The lowest BCUT2D eigenvalue weighted by Crippen LogP contribution is -2.43. The lowest BCUT2D eigenvalue weighted by molar-refractivity contribution is -0.0324. The summed E-state index contributed by atoms with van der Waals surface area (Å²) >= 11 is 1.75. The monoisotopic (exact) mass is 337 g/mol. The van der Waals surface area contributed by atoms with Crippen molar-refractivity contribution < 1.29 is 18.3 Å². The molecule has 1 fully saturated rings. The van der Waals surface area contributed by atoms with Crippen LogP contribution in [-0.4, -0.2) is 46.6 Å². The summed E-state index contributed by atoms with van der Waals surface area (Å²) < 4.78 is 31.5. The van der Waals surface area contributed by atoms with Crippen molar-refractivity contribution in [2.24, 2.45) is 0 Å². The molecule has 3 nitrogen and oxygen atoms in total. The second-order valence-electron chi connectivity index (χ2n) is 7.13. The van der Waals surface area contributed by atoms with Crippen molar-refractivity contribution in [1.82, 2.24) is 4.90 Å². The fourth-order valence-corrected chi connectivity index (χ4v) is 3.63. The molecule has 0 bridgehead atoms. The van der Waals surface area contributed by atoms with Crippen LogP contribution in [0.25, 0.3) is 0 Å². The number of alkyl halides is 2. The van der Waals surface area contributed by atoms with Crippen LogP contribution in [0.15, 0.2) is 0 Å². The largest absolute Gasteiger partial charge is 0.449 e. The van der Waals surface area contributed by atoms with Crippen LogP contribution in [0.2, 0.25) is 0 Å². The number of amides is 1. The molecular formula is C16H29F2NO2S. The molecule has 130 valence electrons. The molecule has 0 aromatic heterocycles. The Bertz CT molecular complexity index is 362. The predicted molar refractivity (Wildman–Crippen MR) is 87.7 cm³/mol. The van der Waals surface area contributed by atoms with E-state index < -0.39 is 5.92 Å². The molecule has 0 saturated heterocycles. The molecule has 6 heteroatoms. The van der Waals surface area contributed by atoms with Crippen molar-refractivity contribution in [1.29, 1.82) is 0 Å². The molecule has 1 aliphatic carbocycles. The Balaban J connectivity index is 2.21. The zero-order valence-corrected chi connectivity index (χ0v) is 15.1. The van der Waals surface area contributed by atoms with Gasteiger partial charge in [0, 0.05) is 35.9 Å². The third-order valence-corrected chi connectivity index (χ3v) is 5.68. The van der Waals surface area contributed by atoms with E-state index in [1.54, 1.807) is 23.7 Å². The predicted octanol–water partition coefficient (Wildman–Crippen LogP) is 4.94. The van der Waals surface area contributed by atoms with Crippen LogP contribution < -0.4 is 0 Å². The van der Waals surface area contributed by atoms with Crippen LogP contribution in [0, 0.1) is 0 Å². The lowest BCUT2D eigenvalue weighted by Gasteiger charge is -2.31. The van der Waals surface area contributed by atoms with Crippen molar-refractivity contribution in [3.63, 3.8) is 0 Å². The number of ether oxygens (including phenoxy) is 1. The summed E-state index contributed by atoms with van der Waals surface area (Å²) in [5.41, 5.74) is -0.259. The van der Waals surface area contributed by atoms with Gasteiger partial charge in [-0.1, -0.05) is 6.92 Å². The third-order valence-electron chi connectivity index (χ3n) is 4.12. The van der Waals surface area contributed by atoms with Gasteiger partial charge in [0.05, 0.1) is 6.61 Å². The minimum absolute atomic E-state index is 0.00273.